The second-order valence-corrected chi connectivity index (χ2v) is 7.21. The molecule has 0 aliphatic carbocycles. The van der Waals surface area contributed by atoms with Crippen LogP contribution in [-0.2, 0) is 10.0 Å². The summed E-state index contributed by atoms with van der Waals surface area (Å²) in [7, 11) is -3.78. The highest BCUT2D eigenvalue weighted by molar-refractivity contribution is 7.89. The number of sulfonamides is 1. The van der Waals surface area contributed by atoms with Crippen molar-refractivity contribution in [1.29, 1.82) is 0 Å². The van der Waals surface area contributed by atoms with Gasteiger partial charge in [-0.05, 0) is 37.5 Å². The third-order valence-electron chi connectivity index (χ3n) is 3.04. The second kappa shape index (κ2) is 7.04. The van der Waals surface area contributed by atoms with E-state index in [9.17, 15) is 12.8 Å². The molecule has 0 amide bonds. The molecule has 0 fully saturated rings. The van der Waals surface area contributed by atoms with Gasteiger partial charge in [0.25, 0.3) is 0 Å². The highest BCUT2D eigenvalue weighted by Gasteiger charge is 2.20. The summed E-state index contributed by atoms with van der Waals surface area (Å²) >= 11 is 0. The van der Waals surface area contributed by atoms with E-state index in [1.54, 1.807) is 6.92 Å². The summed E-state index contributed by atoms with van der Waals surface area (Å²) in [5.41, 5.74) is 5.65. The average molecular weight is 302 g/mol. The van der Waals surface area contributed by atoms with Crippen LogP contribution in [0.4, 0.5) is 10.1 Å². The topological polar surface area (TPSA) is 72.2 Å². The van der Waals surface area contributed by atoms with E-state index in [0.29, 0.717) is 5.92 Å². The number of halogens is 1. The lowest BCUT2D eigenvalue weighted by Gasteiger charge is -2.15. The molecule has 114 valence electrons. The van der Waals surface area contributed by atoms with Crippen molar-refractivity contribution in [2.24, 2.45) is 5.92 Å². The number of nitrogens with one attached hydrogen (secondary N) is 1. The lowest BCUT2D eigenvalue weighted by atomic mass is 10.0. The Hall–Kier alpha value is -1.14. The maximum Gasteiger partial charge on any atom is 0.242 e. The molecule has 0 radical (unpaired) electrons. The van der Waals surface area contributed by atoms with Gasteiger partial charge >= 0.3 is 0 Å². The van der Waals surface area contributed by atoms with Crippen molar-refractivity contribution in [2.45, 2.75) is 51.0 Å². The quantitative estimate of drug-likeness (QED) is 0.761. The fraction of sp³-hybridized carbons (Fsp3) is 0.571. The van der Waals surface area contributed by atoms with Crippen molar-refractivity contribution in [1.82, 2.24) is 4.72 Å². The standard InChI is InChI=1S/C14H23FN2O2S/c1-10(2)5-4-6-11(3)17-20(18,19)14-9-12(15)7-8-13(14)16/h7-11,17H,4-6,16H2,1-3H3. The average Bonchev–Trinajstić information content (AvgIpc) is 2.31. The van der Waals surface area contributed by atoms with E-state index in [4.69, 9.17) is 5.73 Å². The van der Waals surface area contributed by atoms with E-state index >= 15 is 0 Å². The Kier molecular flexibility index (Phi) is 5.95. The van der Waals surface area contributed by atoms with Crippen molar-refractivity contribution < 1.29 is 12.8 Å². The molecule has 1 unspecified atom stereocenters. The second-order valence-electron chi connectivity index (χ2n) is 5.53. The minimum atomic E-state index is -3.78. The summed E-state index contributed by atoms with van der Waals surface area (Å²) in [6, 6.07) is 3.13. The van der Waals surface area contributed by atoms with E-state index in [2.05, 4.69) is 18.6 Å². The van der Waals surface area contributed by atoms with Crippen molar-refractivity contribution in [3.8, 4) is 0 Å². The van der Waals surface area contributed by atoms with Crippen LogP contribution >= 0.6 is 0 Å². The van der Waals surface area contributed by atoms with Gasteiger partial charge in [-0.2, -0.15) is 0 Å². The van der Waals surface area contributed by atoms with Crippen LogP contribution in [0.5, 0.6) is 0 Å². The van der Waals surface area contributed by atoms with Crippen molar-refractivity contribution in [3.63, 3.8) is 0 Å². The minimum Gasteiger partial charge on any atom is -0.398 e. The van der Waals surface area contributed by atoms with Crippen LogP contribution in [0, 0.1) is 11.7 Å². The molecule has 6 heteroatoms. The lowest BCUT2D eigenvalue weighted by molar-refractivity contribution is 0.488. The van der Waals surface area contributed by atoms with Gasteiger partial charge in [-0.3, -0.25) is 0 Å². The molecule has 1 aromatic rings. The lowest BCUT2D eigenvalue weighted by Crippen LogP contribution is -2.33. The van der Waals surface area contributed by atoms with Gasteiger partial charge in [-0.25, -0.2) is 17.5 Å². The summed E-state index contributed by atoms with van der Waals surface area (Å²) in [6.07, 6.45) is 2.74. The fourth-order valence-electron chi connectivity index (χ4n) is 1.96. The van der Waals surface area contributed by atoms with Gasteiger partial charge < -0.3 is 5.73 Å². The Morgan fingerprint density at radius 1 is 1.25 bits per heavy atom. The molecule has 1 rings (SSSR count). The number of rotatable bonds is 7. The van der Waals surface area contributed by atoms with Crippen molar-refractivity contribution in [2.75, 3.05) is 5.73 Å². The summed E-state index contributed by atoms with van der Waals surface area (Å²) < 4.78 is 40.0. The minimum absolute atomic E-state index is 0.0493. The van der Waals surface area contributed by atoms with Crippen LogP contribution in [-0.4, -0.2) is 14.5 Å². The van der Waals surface area contributed by atoms with Gasteiger partial charge in [-0.15, -0.1) is 0 Å². The Morgan fingerprint density at radius 2 is 1.90 bits per heavy atom. The molecular weight excluding hydrogens is 279 g/mol. The predicted molar refractivity (Wildman–Crippen MR) is 79.3 cm³/mol. The molecule has 4 nitrogen and oxygen atoms in total. The zero-order chi connectivity index (χ0) is 15.3. The largest absolute Gasteiger partial charge is 0.398 e. The van der Waals surface area contributed by atoms with Gasteiger partial charge in [0.05, 0.1) is 5.69 Å². The monoisotopic (exact) mass is 302 g/mol. The zero-order valence-electron chi connectivity index (χ0n) is 12.2. The molecule has 0 aliphatic rings. The Morgan fingerprint density at radius 3 is 2.50 bits per heavy atom. The maximum atomic E-state index is 13.2. The van der Waals surface area contributed by atoms with Gasteiger partial charge in [0, 0.05) is 6.04 Å². The number of anilines is 1. The van der Waals surface area contributed by atoms with E-state index in [0.717, 1.165) is 31.4 Å². The molecule has 0 saturated carbocycles. The van der Waals surface area contributed by atoms with Crippen LogP contribution in [0.15, 0.2) is 23.1 Å². The molecular formula is C14H23FN2O2S. The molecule has 0 spiro atoms. The van der Waals surface area contributed by atoms with Crippen molar-refractivity contribution >= 4 is 15.7 Å². The summed E-state index contributed by atoms with van der Waals surface area (Å²) in [4.78, 5) is -0.201. The number of hydrogen-bond donors (Lipinski definition) is 2. The Bertz CT molecular complexity index is 544. The first kappa shape index (κ1) is 16.9. The summed E-state index contributed by atoms with van der Waals surface area (Å²) in [6.45, 7) is 6.05. The Labute approximate surface area is 120 Å². The van der Waals surface area contributed by atoms with Crippen LogP contribution < -0.4 is 10.5 Å². The van der Waals surface area contributed by atoms with Crippen LogP contribution in [0.1, 0.15) is 40.0 Å². The molecule has 20 heavy (non-hydrogen) atoms. The van der Waals surface area contributed by atoms with Crippen LogP contribution in [0.25, 0.3) is 0 Å². The summed E-state index contributed by atoms with van der Waals surface area (Å²) in [5.74, 6) is -0.0234. The van der Waals surface area contributed by atoms with Gasteiger partial charge in [0.1, 0.15) is 10.7 Å². The number of nitrogen functional groups attached to an aromatic ring is 1. The maximum absolute atomic E-state index is 13.2. The third kappa shape index (κ3) is 5.09. The van der Waals surface area contributed by atoms with E-state index in [1.807, 2.05) is 0 Å². The van der Waals surface area contributed by atoms with Gasteiger partial charge in [0.2, 0.25) is 10.0 Å². The number of hydrogen-bond acceptors (Lipinski definition) is 3. The molecule has 0 bridgehead atoms. The first-order valence-electron chi connectivity index (χ1n) is 6.79. The van der Waals surface area contributed by atoms with Gasteiger partial charge in [0.15, 0.2) is 0 Å². The molecule has 0 aromatic heterocycles. The molecule has 1 aromatic carbocycles. The van der Waals surface area contributed by atoms with Gasteiger partial charge in [-0.1, -0.05) is 26.7 Å². The fourth-order valence-corrected chi connectivity index (χ4v) is 3.38. The van der Waals surface area contributed by atoms with Crippen LogP contribution in [0.3, 0.4) is 0 Å². The SMILES string of the molecule is CC(C)CCCC(C)NS(=O)(=O)c1cc(F)ccc1N. The van der Waals surface area contributed by atoms with E-state index < -0.39 is 15.8 Å². The molecule has 1 atom stereocenters. The highest BCUT2D eigenvalue weighted by atomic mass is 32.2. The van der Waals surface area contributed by atoms with Crippen LogP contribution in [0.2, 0.25) is 0 Å². The molecule has 0 heterocycles. The van der Waals surface area contributed by atoms with Crippen molar-refractivity contribution in [3.05, 3.63) is 24.0 Å². The summed E-state index contributed by atoms with van der Waals surface area (Å²) in [5, 5.41) is 0. The smallest absolute Gasteiger partial charge is 0.242 e. The normalized spacial score (nSPS) is 13.7. The zero-order valence-corrected chi connectivity index (χ0v) is 13.0. The Balaban J connectivity index is 2.72. The highest BCUT2D eigenvalue weighted by Crippen LogP contribution is 2.20. The first-order valence-corrected chi connectivity index (χ1v) is 8.28. The third-order valence-corrected chi connectivity index (χ3v) is 4.69. The predicted octanol–water partition coefficient (Wildman–Crippen LogP) is 2.90. The number of benzene rings is 1. The number of nitrogens with two attached hydrogens (primary N) is 1. The first-order chi connectivity index (χ1) is 9.22. The molecule has 0 aliphatic heterocycles. The van der Waals surface area contributed by atoms with E-state index in [-0.39, 0.29) is 16.6 Å². The van der Waals surface area contributed by atoms with E-state index in [1.165, 1.54) is 6.07 Å². The molecule has 0 saturated heterocycles. The molecule has 3 N–H and O–H groups in total.